The van der Waals surface area contributed by atoms with Crippen molar-refractivity contribution in [2.45, 2.75) is 12.5 Å². The van der Waals surface area contributed by atoms with E-state index in [-0.39, 0.29) is 23.4 Å². The zero-order valence-electron chi connectivity index (χ0n) is 11.0. The third kappa shape index (κ3) is 3.51. The third-order valence-electron chi connectivity index (χ3n) is 2.61. The van der Waals surface area contributed by atoms with Gasteiger partial charge in [-0.2, -0.15) is 0 Å². The minimum atomic E-state index is -1.12. The molecule has 0 fully saturated rings. The Kier molecular flexibility index (Phi) is 5.15. The quantitative estimate of drug-likeness (QED) is 0.352. The summed E-state index contributed by atoms with van der Waals surface area (Å²) in [5.74, 6) is -1.18. The topological polar surface area (TPSA) is 122 Å². The second kappa shape index (κ2) is 6.62. The van der Waals surface area contributed by atoms with E-state index in [9.17, 15) is 19.7 Å². The van der Waals surface area contributed by atoms with Gasteiger partial charge < -0.3 is 15.2 Å². The van der Waals surface area contributed by atoms with Crippen molar-refractivity contribution in [1.29, 1.82) is 0 Å². The number of carbonyl (C=O) groups excluding carboxylic acids is 2. The van der Waals surface area contributed by atoms with E-state index in [1.165, 1.54) is 26.4 Å². The monoisotopic (exact) mass is 282 g/mol. The van der Waals surface area contributed by atoms with Crippen molar-refractivity contribution in [1.82, 2.24) is 0 Å². The number of esters is 1. The van der Waals surface area contributed by atoms with Gasteiger partial charge in [-0.15, -0.1) is 0 Å². The van der Waals surface area contributed by atoms with Crippen LogP contribution >= 0.6 is 0 Å². The highest BCUT2D eigenvalue weighted by Gasteiger charge is 2.23. The fraction of sp³-hybridized carbons (Fsp3) is 0.333. The van der Waals surface area contributed by atoms with Gasteiger partial charge in [-0.25, -0.2) is 0 Å². The Morgan fingerprint density at radius 3 is 2.55 bits per heavy atom. The number of nitrogens with two attached hydrogens (primary N) is 1. The highest BCUT2D eigenvalue weighted by atomic mass is 16.6. The van der Waals surface area contributed by atoms with Crippen LogP contribution in [0.5, 0.6) is 5.75 Å². The molecule has 0 aliphatic heterocycles. The van der Waals surface area contributed by atoms with Crippen LogP contribution in [0.15, 0.2) is 18.2 Å². The van der Waals surface area contributed by atoms with Gasteiger partial charge >= 0.3 is 11.7 Å². The van der Waals surface area contributed by atoms with Crippen LogP contribution in [0.4, 0.5) is 5.69 Å². The maximum absolute atomic E-state index is 12.0. The van der Waals surface area contributed by atoms with E-state index < -0.39 is 22.7 Å². The maximum atomic E-state index is 12.0. The molecular formula is C12H14N2O6. The Morgan fingerprint density at radius 1 is 1.40 bits per heavy atom. The molecule has 0 aromatic heterocycles. The molecule has 0 aliphatic rings. The molecule has 0 amide bonds. The zero-order chi connectivity index (χ0) is 15.3. The van der Waals surface area contributed by atoms with E-state index in [2.05, 4.69) is 4.74 Å². The summed E-state index contributed by atoms with van der Waals surface area (Å²) in [5, 5.41) is 10.9. The molecule has 1 unspecified atom stereocenters. The molecule has 8 nitrogen and oxygen atoms in total. The van der Waals surface area contributed by atoms with Gasteiger partial charge in [-0.05, 0) is 12.1 Å². The molecule has 1 aromatic rings. The minimum absolute atomic E-state index is 0.0353. The lowest BCUT2D eigenvalue weighted by Gasteiger charge is -2.10. The number of hydrogen-bond donors (Lipinski definition) is 1. The van der Waals surface area contributed by atoms with Gasteiger partial charge in [0.1, 0.15) is 0 Å². The van der Waals surface area contributed by atoms with Crippen molar-refractivity contribution < 1.29 is 24.0 Å². The molecule has 0 bridgehead atoms. The van der Waals surface area contributed by atoms with Gasteiger partial charge in [0.25, 0.3) is 0 Å². The lowest BCUT2D eigenvalue weighted by atomic mass is 10.0. The average molecular weight is 282 g/mol. The fourth-order valence-corrected chi connectivity index (χ4v) is 1.56. The molecule has 2 N–H and O–H groups in total. The Balaban J connectivity index is 3.02. The first-order chi connectivity index (χ1) is 9.40. The summed E-state index contributed by atoms with van der Waals surface area (Å²) >= 11 is 0. The summed E-state index contributed by atoms with van der Waals surface area (Å²) in [4.78, 5) is 33.2. The first-order valence-electron chi connectivity index (χ1n) is 5.59. The first kappa shape index (κ1) is 15.6. The molecule has 0 heterocycles. The number of methoxy groups -OCH3 is 2. The standard InChI is InChI=1S/C12H14N2O6/c1-19-10-4-3-7(5-9(10)14(17)18)12(16)8(13)6-11(15)20-2/h3-5,8H,6,13H2,1-2H3. The predicted octanol–water partition coefficient (Wildman–Crippen LogP) is 0.677. The number of nitrogens with zero attached hydrogens (tertiary/aromatic N) is 1. The molecule has 8 heteroatoms. The van der Waals surface area contributed by atoms with Gasteiger partial charge in [0, 0.05) is 11.6 Å². The molecule has 1 aromatic carbocycles. The number of nitro benzene ring substituents is 1. The van der Waals surface area contributed by atoms with Gasteiger partial charge in [-0.1, -0.05) is 0 Å². The van der Waals surface area contributed by atoms with Crippen molar-refractivity contribution in [3.05, 3.63) is 33.9 Å². The number of carbonyl (C=O) groups is 2. The van der Waals surface area contributed by atoms with Crippen LogP contribution in [0.3, 0.4) is 0 Å². The van der Waals surface area contributed by atoms with E-state index in [0.717, 1.165) is 6.07 Å². The normalized spacial score (nSPS) is 11.6. The van der Waals surface area contributed by atoms with Gasteiger partial charge in [0.2, 0.25) is 0 Å². The number of nitro groups is 1. The second-order valence-corrected chi connectivity index (χ2v) is 3.89. The lowest BCUT2D eigenvalue weighted by Crippen LogP contribution is -2.33. The first-order valence-corrected chi connectivity index (χ1v) is 5.59. The number of benzene rings is 1. The highest BCUT2D eigenvalue weighted by molar-refractivity contribution is 6.02. The third-order valence-corrected chi connectivity index (χ3v) is 2.61. The van der Waals surface area contributed by atoms with Crippen LogP contribution in [-0.4, -0.2) is 36.9 Å². The number of hydrogen-bond acceptors (Lipinski definition) is 7. The van der Waals surface area contributed by atoms with Crippen molar-refractivity contribution in [3.8, 4) is 5.75 Å². The molecule has 108 valence electrons. The number of Topliss-reactive ketones (excluding diaryl/α,β-unsaturated/α-hetero) is 1. The zero-order valence-corrected chi connectivity index (χ0v) is 11.0. The Bertz CT molecular complexity index is 543. The summed E-state index contributed by atoms with van der Waals surface area (Å²) < 4.78 is 9.23. The van der Waals surface area contributed by atoms with Gasteiger partial charge in [0.15, 0.2) is 11.5 Å². The Labute approximate surface area is 114 Å². The van der Waals surface area contributed by atoms with Crippen molar-refractivity contribution in [2.75, 3.05) is 14.2 Å². The summed E-state index contributed by atoms with van der Waals surface area (Å²) in [6.07, 6.45) is -0.296. The largest absolute Gasteiger partial charge is 0.490 e. The second-order valence-electron chi connectivity index (χ2n) is 3.89. The number of ether oxygens (including phenoxy) is 2. The van der Waals surface area contributed by atoms with Crippen LogP contribution < -0.4 is 10.5 Å². The van der Waals surface area contributed by atoms with Gasteiger partial charge in [0.05, 0.1) is 31.6 Å². The predicted molar refractivity (Wildman–Crippen MR) is 68.6 cm³/mol. The summed E-state index contributed by atoms with van der Waals surface area (Å²) in [5.41, 5.74) is 5.26. The molecule has 0 saturated carbocycles. The molecule has 1 atom stereocenters. The highest BCUT2D eigenvalue weighted by Crippen LogP contribution is 2.28. The van der Waals surface area contributed by atoms with E-state index in [1.807, 2.05) is 0 Å². The van der Waals surface area contributed by atoms with E-state index in [4.69, 9.17) is 10.5 Å². The number of rotatable bonds is 6. The Morgan fingerprint density at radius 2 is 2.05 bits per heavy atom. The summed E-state index contributed by atoms with van der Waals surface area (Å²) in [7, 11) is 2.46. The van der Waals surface area contributed by atoms with E-state index >= 15 is 0 Å². The van der Waals surface area contributed by atoms with Crippen LogP contribution in [0.25, 0.3) is 0 Å². The van der Waals surface area contributed by atoms with Crippen LogP contribution in [0.1, 0.15) is 16.8 Å². The summed E-state index contributed by atoms with van der Waals surface area (Å²) in [6.45, 7) is 0. The smallest absolute Gasteiger partial charge is 0.311 e. The van der Waals surface area contributed by atoms with E-state index in [0.29, 0.717) is 0 Å². The molecule has 0 radical (unpaired) electrons. The molecule has 1 rings (SSSR count). The van der Waals surface area contributed by atoms with Crippen molar-refractivity contribution in [2.24, 2.45) is 5.73 Å². The maximum Gasteiger partial charge on any atom is 0.311 e. The van der Waals surface area contributed by atoms with Crippen LogP contribution in [0, 0.1) is 10.1 Å². The fourth-order valence-electron chi connectivity index (χ4n) is 1.56. The van der Waals surface area contributed by atoms with Crippen molar-refractivity contribution in [3.63, 3.8) is 0 Å². The van der Waals surface area contributed by atoms with E-state index in [1.54, 1.807) is 0 Å². The Hall–Kier alpha value is -2.48. The SMILES string of the molecule is COC(=O)CC(N)C(=O)c1ccc(OC)c([N+](=O)[O-])c1. The van der Waals surface area contributed by atoms with Crippen LogP contribution in [-0.2, 0) is 9.53 Å². The average Bonchev–Trinajstić information content (AvgIpc) is 2.45. The van der Waals surface area contributed by atoms with Crippen molar-refractivity contribution >= 4 is 17.4 Å². The lowest BCUT2D eigenvalue weighted by molar-refractivity contribution is -0.385. The minimum Gasteiger partial charge on any atom is -0.490 e. The molecule has 0 spiro atoms. The molecule has 0 aliphatic carbocycles. The number of ketones is 1. The molecular weight excluding hydrogens is 268 g/mol. The summed E-state index contributed by atoms with van der Waals surface area (Å²) in [6, 6.07) is 2.61. The van der Waals surface area contributed by atoms with Crippen LogP contribution in [0.2, 0.25) is 0 Å². The molecule has 20 heavy (non-hydrogen) atoms. The molecule has 0 saturated heterocycles. The van der Waals surface area contributed by atoms with Gasteiger partial charge in [-0.3, -0.25) is 19.7 Å².